The summed E-state index contributed by atoms with van der Waals surface area (Å²) in [7, 11) is 0. The van der Waals surface area contributed by atoms with Crippen molar-refractivity contribution in [3.63, 3.8) is 0 Å². The van der Waals surface area contributed by atoms with Gasteiger partial charge in [-0.3, -0.25) is 24.2 Å². The third kappa shape index (κ3) is 4.03. The number of ether oxygens (including phenoxy) is 1. The number of rotatable bonds is 5. The van der Waals surface area contributed by atoms with Gasteiger partial charge in [-0.1, -0.05) is 0 Å². The van der Waals surface area contributed by atoms with E-state index in [2.05, 4.69) is 10.2 Å². The number of nitro groups is 1. The predicted octanol–water partition coefficient (Wildman–Crippen LogP) is 2.45. The number of carbonyl (C=O) groups excluding carboxylic acids is 1. The number of hydrogen-bond acceptors (Lipinski definition) is 7. The molecule has 2 aromatic heterocycles. The number of carbonyl (C=O) groups is 1. The Morgan fingerprint density at radius 1 is 1.21 bits per heavy atom. The first-order valence-corrected chi connectivity index (χ1v) is 11.2. The molecular formula is C23H26N6O4. The van der Waals surface area contributed by atoms with Crippen LogP contribution in [0.15, 0.2) is 36.5 Å². The van der Waals surface area contributed by atoms with E-state index < -0.39 is 0 Å². The minimum absolute atomic E-state index is 0.0202. The van der Waals surface area contributed by atoms with E-state index in [0.717, 1.165) is 55.2 Å². The van der Waals surface area contributed by atoms with Crippen LogP contribution in [0.25, 0.3) is 16.9 Å². The molecule has 5 rings (SSSR count). The first-order valence-electron chi connectivity index (χ1n) is 11.2. The van der Waals surface area contributed by atoms with E-state index in [9.17, 15) is 14.9 Å². The lowest BCUT2D eigenvalue weighted by molar-refractivity contribution is -0.385. The van der Waals surface area contributed by atoms with Gasteiger partial charge in [-0.25, -0.2) is 4.98 Å². The highest BCUT2D eigenvalue weighted by Gasteiger charge is 2.26. The van der Waals surface area contributed by atoms with Crippen LogP contribution >= 0.6 is 0 Å². The quantitative estimate of drug-likeness (QED) is 0.470. The summed E-state index contributed by atoms with van der Waals surface area (Å²) < 4.78 is 7.44. The molecule has 172 valence electrons. The zero-order valence-electron chi connectivity index (χ0n) is 18.5. The van der Waals surface area contributed by atoms with Gasteiger partial charge in [0.15, 0.2) is 6.61 Å². The standard InChI is InChI=1S/C23H26N6O4/c1-2-27-18-12-16(4-6-20(18)33-15-22(27)30)23-19(14-26-10-3-8-24-9-11-26)28-13-17(29(31)32)5-7-21(28)25-23/h4-7,12-13,24H,2-3,8-11,14-15H2,1H3. The zero-order valence-corrected chi connectivity index (χ0v) is 18.5. The number of nitrogens with one attached hydrogen (secondary N) is 1. The normalized spacial score (nSPS) is 17.0. The van der Waals surface area contributed by atoms with Gasteiger partial charge in [0.05, 0.1) is 28.2 Å². The van der Waals surface area contributed by atoms with Gasteiger partial charge < -0.3 is 15.0 Å². The third-order valence-corrected chi connectivity index (χ3v) is 6.21. The fourth-order valence-electron chi connectivity index (χ4n) is 4.54. The summed E-state index contributed by atoms with van der Waals surface area (Å²) in [5, 5.41) is 14.8. The number of aromatic nitrogens is 2. The van der Waals surface area contributed by atoms with Crippen molar-refractivity contribution in [1.82, 2.24) is 19.6 Å². The topological polar surface area (TPSA) is 105 Å². The van der Waals surface area contributed by atoms with E-state index in [0.29, 0.717) is 24.5 Å². The summed E-state index contributed by atoms with van der Waals surface area (Å²) in [6.07, 6.45) is 2.58. The second-order valence-electron chi connectivity index (χ2n) is 8.27. The van der Waals surface area contributed by atoms with Crippen LogP contribution in [0, 0.1) is 10.1 Å². The van der Waals surface area contributed by atoms with Gasteiger partial charge in [-0.2, -0.15) is 0 Å². The largest absolute Gasteiger partial charge is 0.482 e. The second kappa shape index (κ2) is 8.80. The average Bonchev–Trinajstić information content (AvgIpc) is 2.98. The summed E-state index contributed by atoms with van der Waals surface area (Å²) in [6.45, 7) is 6.83. The molecular weight excluding hydrogens is 424 g/mol. The molecule has 4 heterocycles. The van der Waals surface area contributed by atoms with E-state index in [1.165, 1.54) is 6.07 Å². The molecule has 10 heteroatoms. The molecule has 3 aromatic rings. The summed E-state index contributed by atoms with van der Waals surface area (Å²) in [5.74, 6) is 0.588. The van der Waals surface area contributed by atoms with Crippen molar-refractivity contribution in [2.75, 3.05) is 44.2 Å². The van der Waals surface area contributed by atoms with Gasteiger partial charge >= 0.3 is 0 Å². The molecule has 0 atom stereocenters. The second-order valence-corrected chi connectivity index (χ2v) is 8.27. The monoisotopic (exact) mass is 450 g/mol. The van der Waals surface area contributed by atoms with Gasteiger partial charge in [0.25, 0.3) is 11.6 Å². The van der Waals surface area contributed by atoms with Crippen molar-refractivity contribution in [1.29, 1.82) is 0 Å². The summed E-state index contributed by atoms with van der Waals surface area (Å²) in [4.78, 5) is 32.3. The number of fused-ring (bicyclic) bond motifs is 2. The number of benzene rings is 1. The molecule has 2 aliphatic rings. The van der Waals surface area contributed by atoms with Crippen molar-refractivity contribution in [3.05, 3.63) is 52.3 Å². The Bertz CT molecular complexity index is 1220. The Kier molecular flexibility index (Phi) is 5.69. The maximum Gasteiger partial charge on any atom is 0.286 e. The molecule has 1 aromatic carbocycles. The minimum atomic E-state index is -0.389. The molecule has 0 saturated carbocycles. The first kappa shape index (κ1) is 21.4. The van der Waals surface area contributed by atoms with Gasteiger partial charge in [-0.15, -0.1) is 0 Å². The van der Waals surface area contributed by atoms with Gasteiger partial charge in [0, 0.05) is 37.8 Å². The van der Waals surface area contributed by atoms with Gasteiger partial charge in [-0.05, 0) is 50.7 Å². The Labute approximate surface area is 190 Å². The molecule has 0 bridgehead atoms. The maximum absolute atomic E-state index is 12.3. The van der Waals surface area contributed by atoms with Crippen LogP contribution in [-0.4, -0.2) is 64.4 Å². The van der Waals surface area contributed by atoms with Crippen molar-refractivity contribution in [2.24, 2.45) is 0 Å². The lowest BCUT2D eigenvalue weighted by atomic mass is 10.1. The van der Waals surface area contributed by atoms with Crippen LogP contribution in [0.4, 0.5) is 11.4 Å². The maximum atomic E-state index is 12.3. The number of imidazole rings is 1. The smallest absolute Gasteiger partial charge is 0.286 e. The van der Waals surface area contributed by atoms with Crippen LogP contribution < -0.4 is 15.0 Å². The lowest BCUT2D eigenvalue weighted by Crippen LogP contribution is -2.38. The average molecular weight is 450 g/mol. The molecule has 0 aliphatic carbocycles. The molecule has 1 saturated heterocycles. The van der Waals surface area contributed by atoms with E-state index in [-0.39, 0.29) is 23.1 Å². The van der Waals surface area contributed by atoms with Crippen molar-refractivity contribution in [3.8, 4) is 17.0 Å². The predicted molar refractivity (Wildman–Crippen MR) is 124 cm³/mol. The minimum Gasteiger partial charge on any atom is -0.482 e. The molecule has 1 N–H and O–H groups in total. The van der Waals surface area contributed by atoms with Crippen LogP contribution in [0.2, 0.25) is 0 Å². The molecule has 1 amide bonds. The molecule has 1 fully saturated rings. The Hall–Kier alpha value is -3.50. The molecule has 0 spiro atoms. The lowest BCUT2D eigenvalue weighted by Gasteiger charge is -2.28. The molecule has 2 aliphatic heterocycles. The van der Waals surface area contributed by atoms with Crippen molar-refractivity contribution in [2.45, 2.75) is 19.9 Å². The van der Waals surface area contributed by atoms with E-state index >= 15 is 0 Å². The summed E-state index contributed by atoms with van der Waals surface area (Å²) in [6, 6.07) is 8.89. The van der Waals surface area contributed by atoms with E-state index in [1.807, 2.05) is 29.5 Å². The highest BCUT2D eigenvalue weighted by Crippen LogP contribution is 2.37. The summed E-state index contributed by atoms with van der Waals surface area (Å²) in [5.41, 5.74) is 3.88. The van der Waals surface area contributed by atoms with Crippen LogP contribution in [0.1, 0.15) is 19.0 Å². The molecule has 33 heavy (non-hydrogen) atoms. The first-order chi connectivity index (χ1) is 16.0. The Balaban J connectivity index is 1.63. The number of amides is 1. The SMILES string of the molecule is CCN1C(=O)COc2ccc(-c3nc4ccc([N+](=O)[O-])cn4c3CN3CCCNCC3)cc21. The fraction of sp³-hybridized carbons (Fsp3) is 0.391. The Morgan fingerprint density at radius 2 is 2.09 bits per heavy atom. The molecule has 0 radical (unpaired) electrons. The number of nitrogens with zero attached hydrogens (tertiary/aromatic N) is 5. The highest BCUT2D eigenvalue weighted by molar-refractivity contribution is 5.98. The van der Waals surface area contributed by atoms with Gasteiger partial charge in [0.1, 0.15) is 11.4 Å². The summed E-state index contributed by atoms with van der Waals surface area (Å²) >= 11 is 0. The van der Waals surface area contributed by atoms with Crippen LogP contribution in [0.5, 0.6) is 5.75 Å². The van der Waals surface area contributed by atoms with Crippen molar-refractivity contribution >= 4 is 22.9 Å². The molecule has 0 unspecified atom stereocenters. The van der Waals surface area contributed by atoms with Crippen LogP contribution in [0.3, 0.4) is 0 Å². The third-order valence-electron chi connectivity index (χ3n) is 6.21. The molecule has 10 nitrogen and oxygen atoms in total. The fourth-order valence-corrected chi connectivity index (χ4v) is 4.54. The van der Waals surface area contributed by atoms with E-state index in [1.54, 1.807) is 17.2 Å². The number of likely N-dealkylation sites (N-methyl/N-ethyl adjacent to an activating group) is 1. The Morgan fingerprint density at radius 3 is 2.91 bits per heavy atom. The zero-order chi connectivity index (χ0) is 22.9. The van der Waals surface area contributed by atoms with Crippen LogP contribution in [-0.2, 0) is 11.3 Å². The van der Waals surface area contributed by atoms with Crippen molar-refractivity contribution < 1.29 is 14.5 Å². The van der Waals surface area contributed by atoms with Gasteiger partial charge in [0.2, 0.25) is 0 Å². The number of hydrogen-bond donors (Lipinski definition) is 1. The number of pyridine rings is 1. The number of anilines is 1. The highest BCUT2D eigenvalue weighted by atomic mass is 16.6. The van der Waals surface area contributed by atoms with E-state index in [4.69, 9.17) is 9.72 Å².